The maximum atomic E-state index is 12.1. The molecule has 0 aliphatic heterocycles. The highest BCUT2D eigenvalue weighted by atomic mass is 16.5. The molecule has 1 fully saturated rings. The summed E-state index contributed by atoms with van der Waals surface area (Å²) in [5.41, 5.74) is 3.00. The normalized spacial score (nSPS) is 15.5. The van der Waals surface area contributed by atoms with Gasteiger partial charge in [-0.2, -0.15) is 5.10 Å². The van der Waals surface area contributed by atoms with Crippen LogP contribution in [0.25, 0.3) is 11.1 Å². The molecule has 0 amide bonds. The molecule has 1 saturated carbocycles. The lowest BCUT2D eigenvalue weighted by Crippen LogP contribution is -2.26. The molecule has 0 bridgehead atoms. The number of benzene rings is 1. The van der Waals surface area contributed by atoms with E-state index in [2.05, 4.69) is 24.2 Å². The van der Waals surface area contributed by atoms with Crippen molar-refractivity contribution in [1.82, 2.24) is 14.3 Å². The van der Waals surface area contributed by atoms with Crippen LogP contribution in [0, 0.1) is 0 Å². The van der Waals surface area contributed by atoms with Crippen LogP contribution in [-0.2, 0) is 7.05 Å². The van der Waals surface area contributed by atoms with Crippen molar-refractivity contribution in [3.05, 3.63) is 70.9 Å². The van der Waals surface area contributed by atoms with Gasteiger partial charge in [0.25, 0.3) is 5.56 Å². The SMILES string of the molecule is CC(c1ccccc1)n1cc(-c2cn(C)c(=O)cc2OC2CCC2)cn1. The number of hydrogen-bond donors (Lipinski definition) is 0. The van der Waals surface area contributed by atoms with Crippen molar-refractivity contribution in [2.45, 2.75) is 38.3 Å². The summed E-state index contributed by atoms with van der Waals surface area (Å²) in [6.45, 7) is 2.12. The van der Waals surface area contributed by atoms with E-state index in [0.717, 1.165) is 24.0 Å². The molecule has 5 heteroatoms. The molecule has 0 N–H and O–H groups in total. The molecule has 1 aliphatic carbocycles. The summed E-state index contributed by atoms with van der Waals surface area (Å²) in [5.74, 6) is 0.657. The summed E-state index contributed by atoms with van der Waals surface area (Å²) < 4.78 is 9.61. The van der Waals surface area contributed by atoms with Gasteiger partial charge in [-0.3, -0.25) is 9.48 Å². The van der Waals surface area contributed by atoms with Crippen LogP contribution < -0.4 is 10.3 Å². The standard InChI is InChI=1S/C21H23N3O2/c1-15(16-7-4-3-5-8-16)24-13-17(12-22-24)19-14-23(2)21(25)11-20(19)26-18-9-6-10-18/h3-5,7-8,11-15,18H,6,9-10H2,1-2H3. The summed E-state index contributed by atoms with van der Waals surface area (Å²) in [7, 11) is 1.76. The Morgan fingerprint density at radius 2 is 1.96 bits per heavy atom. The molecule has 2 aromatic heterocycles. The van der Waals surface area contributed by atoms with Crippen molar-refractivity contribution in [1.29, 1.82) is 0 Å². The monoisotopic (exact) mass is 349 g/mol. The van der Waals surface area contributed by atoms with Gasteiger partial charge in [0.05, 0.1) is 18.3 Å². The zero-order valence-corrected chi connectivity index (χ0v) is 15.1. The third-order valence-corrected chi connectivity index (χ3v) is 5.13. The quantitative estimate of drug-likeness (QED) is 0.704. The second kappa shape index (κ2) is 6.83. The first-order valence-electron chi connectivity index (χ1n) is 9.08. The van der Waals surface area contributed by atoms with E-state index in [0.29, 0.717) is 5.75 Å². The predicted molar refractivity (Wildman–Crippen MR) is 101 cm³/mol. The summed E-state index contributed by atoms with van der Waals surface area (Å²) in [6.07, 6.45) is 9.22. The Morgan fingerprint density at radius 1 is 1.19 bits per heavy atom. The molecule has 0 radical (unpaired) electrons. The van der Waals surface area contributed by atoms with Crippen LogP contribution in [0.15, 0.2) is 59.8 Å². The Labute approximate surface area is 152 Å². The van der Waals surface area contributed by atoms with Crippen molar-refractivity contribution in [2.24, 2.45) is 7.05 Å². The molecule has 2 heterocycles. The summed E-state index contributed by atoms with van der Waals surface area (Å²) >= 11 is 0. The van der Waals surface area contributed by atoms with Gasteiger partial charge in [0, 0.05) is 36.6 Å². The molecule has 1 aliphatic rings. The van der Waals surface area contributed by atoms with E-state index in [1.54, 1.807) is 17.7 Å². The maximum Gasteiger partial charge on any atom is 0.254 e. The smallest absolute Gasteiger partial charge is 0.254 e. The lowest BCUT2D eigenvalue weighted by molar-refractivity contribution is 0.120. The molecule has 1 unspecified atom stereocenters. The van der Waals surface area contributed by atoms with Crippen molar-refractivity contribution < 1.29 is 4.74 Å². The molecule has 0 spiro atoms. The highest BCUT2D eigenvalue weighted by molar-refractivity contribution is 5.68. The summed E-state index contributed by atoms with van der Waals surface area (Å²) in [6, 6.07) is 12.0. The largest absolute Gasteiger partial charge is 0.490 e. The van der Waals surface area contributed by atoms with Gasteiger partial charge in [-0.15, -0.1) is 0 Å². The Hall–Kier alpha value is -2.82. The second-order valence-electron chi connectivity index (χ2n) is 6.97. The van der Waals surface area contributed by atoms with Gasteiger partial charge in [-0.05, 0) is 31.7 Å². The fraction of sp³-hybridized carbons (Fsp3) is 0.333. The Kier molecular flexibility index (Phi) is 4.37. The van der Waals surface area contributed by atoms with Gasteiger partial charge in [0.1, 0.15) is 5.75 Å². The fourth-order valence-electron chi connectivity index (χ4n) is 3.17. The van der Waals surface area contributed by atoms with Gasteiger partial charge < -0.3 is 9.30 Å². The average Bonchev–Trinajstić information content (AvgIpc) is 3.10. The fourth-order valence-corrected chi connectivity index (χ4v) is 3.17. The van der Waals surface area contributed by atoms with Crippen LogP contribution in [0.4, 0.5) is 0 Å². The highest BCUT2D eigenvalue weighted by Crippen LogP contribution is 2.33. The van der Waals surface area contributed by atoms with E-state index in [1.807, 2.05) is 41.5 Å². The minimum absolute atomic E-state index is 0.0619. The van der Waals surface area contributed by atoms with Gasteiger partial charge in [0.15, 0.2) is 0 Å². The zero-order chi connectivity index (χ0) is 18.1. The second-order valence-corrected chi connectivity index (χ2v) is 6.97. The van der Waals surface area contributed by atoms with E-state index in [4.69, 9.17) is 4.74 Å². The molecule has 4 rings (SSSR count). The van der Waals surface area contributed by atoms with E-state index in [1.165, 1.54) is 12.0 Å². The van der Waals surface area contributed by atoms with Crippen molar-refractivity contribution >= 4 is 0 Å². The first-order valence-corrected chi connectivity index (χ1v) is 9.08. The van der Waals surface area contributed by atoms with Crippen LogP contribution in [0.5, 0.6) is 5.75 Å². The van der Waals surface area contributed by atoms with E-state index >= 15 is 0 Å². The lowest BCUT2D eigenvalue weighted by Gasteiger charge is -2.27. The molecule has 26 heavy (non-hydrogen) atoms. The highest BCUT2D eigenvalue weighted by Gasteiger charge is 2.22. The number of aryl methyl sites for hydroxylation is 1. The number of nitrogens with zero attached hydrogens (tertiary/aromatic N) is 3. The van der Waals surface area contributed by atoms with Crippen LogP contribution in [0.2, 0.25) is 0 Å². The third-order valence-electron chi connectivity index (χ3n) is 5.13. The van der Waals surface area contributed by atoms with E-state index in [9.17, 15) is 4.79 Å². The van der Waals surface area contributed by atoms with Crippen molar-refractivity contribution in [3.8, 4) is 16.9 Å². The first kappa shape index (κ1) is 16.6. The predicted octanol–water partition coefficient (Wildman–Crippen LogP) is 3.79. The Bertz CT molecular complexity index is 955. The first-order chi connectivity index (χ1) is 12.6. The number of rotatable bonds is 5. The molecule has 1 atom stereocenters. The van der Waals surface area contributed by atoms with Gasteiger partial charge in [0.2, 0.25) is 0 Å². The molecule has 1 aromatic carbocycles. The van der Waals surface area contributed by atoms with Gasteiger partial charge in [-0.1, -0.05) is 30.3 Å². The zero-order valence-electron chi connectivity index (χ0n) is 15.1. The van der Waals surface area contributed by atoms with E-state index < -0.39 is 0 Å². The number of aromatic nitrogens is 3. The molecule has 5 nitrogen and oxygen atoms in total. The van der Waals surface area contributed by atoms with Gasteiger partial charge >= 0.3 is 0 Å². The van der Waals surface area contributed by atoms with Crippen LogP contribution in [-0.4, -0.2) is 20.5 Å². The summed E-state index contributed by atoms with van der Waals surface area (Å²) in [4.78, 5) is 12.1. The molecule has 0 saturated heterocycles. The Morgan fingerprint density at radius 3 is 2.65 bits per heavy atom. The maximum absolute atomic E-state index is 12.1. The van der Waals surface area contributed by atoms with Crippen LogP contribution in [0.3, 0.4) is 0 Å². The number of pyridine rings is 1. The minimum Gasteiger partial charge on any atom is -0.490 e. The van der Waals surface area contributed by atoms with Crippen molar-refractivity contribution in [3.63, 3.8) is 0 Å². The lowest BCUT2D eigenvalue weighted by atomic mass is 9.96. The topological polar surface area (TPSA) is 49.0 Å². The molecular formula is C21H23N3O2. The molecule has 134 valence electrons. The van der Waals surface area contributed by atoms with Gasteiger partial charge in [-0.25, -0.2) is 0 Å². The Balaban J connectivity index is 1.68. The summed E-state index contributed by atoms with van der Waals surface area (Å²) in [5, 5.41) is 4.55. The number of hydrogen-bond acceptors (Lipinski definition) is 3. The minimum atomic E-state index is -0.0619. The van der Waals surface area contributed by atoms with E-state index in [-0.39, 0.29) is 17.7 Å². The van der Waals surface area contributed by atoms with Crippen LogP contribution in [0.1, 0.15) is 37.8 Å². The average molecular weight is 349 g/mol. The number of ether oxygens (including phenoxy) is 1. The molecular weight excluding hydrogens is 326 g/mol. The molecule has 3 aromatic rings. The van der Waals surface area contributed by atoms with Crippen LogP contribution >= 0.6 is 0 Å². The third kappa shape index (κ3) is 3.17. The van der Waals surface area contributed by atoms with Crippen molar-refractivity contribution in [2.75, 3.05) is 0 Å².